The van der Waals surface area contributed by atoms with Crippen LogP contribution >= 0.6 is 16.5 Å². The van der Waals surface area contributed by atoms with Crippen LogP contribution in [-0.2, 0) is 7.80 Å². The Kier molecular flexibility index (Phi) is 5.53. The van der Waals surface area contributed by atoms with E-state index >= 15 is 0 Å². The van der Waals surface area contributed by atoms with Crippen LogP contribution in [0.15, 0.2) is 0 Å². The molecule has 0 aromatic rings. The summed E-state index contributed by atoms with van der Waals surface area (Å²) in [4.78, 5) is 0. The van der Waals surface area contributed by atoms with E-state index in [1.807, 2.05) is 0 Å². The van der Waals surface area contributed by atoms with E-state index in [0.29, 0.717) is 37.3 Å². The molecule has 1 aliphatic rings. The van der Waals surface area contributed by atoms with Crippen molar-refractivity contribution in [2.24, 2.45) is 5.73 Å². The van der Waals surface area contributed by atoms with Crippen molar-refractivity contribution < 1.29 is 25.3 Å². The summed E-state index contributed by atoms with van der Waals surface area (Å²) in [6, 6.07) is 0. The van der Waals surface area contributed by atoms with Gasteiger partial charge in [-0.15, -0.1) is 0 Å². The summed E-state index contributed by atoms with van der Waals surface area (Å²) in [5, 5.41) is 0. The van der Waals surface area contributed by atoms with Crippen molar-refractivity contribution in [2.75, 3.05) is 26.4 Å². The van der Waals surface area contributed by atoms with E-state index in [-0.39, 0.29) is 0 Å². The van der Waals surface area contributed by atoms with Crippen LogP contribution in [0.4, 0.5) is 0 Å². The summed E-state index contributed by atoms with van der Waals surface area (Å²) in [5.41, 5.74) is 5.22. The molecule has 0 aromatic carbocycles. The molecule has 1 heterocycles. The molecule has 10 heavy (non-hydrogen) atoms. The summed E-state index contributed by atoms with van der Waals surface area (Å²) >= 11 is -0.515. The summed E-state index contributed by atoms with van der Waals surface area (Å²) in [7, 11) is 0. The Hall–Kier alpha value is 1.30. The third-order valence-corrected chi connectivity index (χ3v) is 9.07. The van der Waals surface area contributed by atoms with E-state index in [1.165, 1.54) is 0 Å². The molecule has 0 saturated carbocycles. The van der Waals surface area contributed by atoms with Gasteiger partial charge in [-0.3, -0.25) is 0 Å². The predicted molar refractivity (Wildman–Crippen MR) is 43.0 cm³/mol. The molecule has 1 rings (SSSR count). The van der Waals surface area contributed by atoms with Gasteiger partial charge in [0, 0.05) is 0 Å². The van der Waals surface area contributed by atoms with Crippen molar-refractivity contribution in [1.82, 2.24) is 1.74 Å². The molecule has 0 aliphatic carbocycles. The Bertz CT molecular complexity index is 91.3. The standard InChI is InChI=1S/C4H11I2N2O2/c7-1-2-9-3-4-10-6-5-8-6/h8H,1-4,7H2/q-1. The first kappa shape index (κ1) is 9.39. The van der Waals surface area contributed by atoms with Gasteiger partial charge in [-0.05, 0) is 0 Å². The molecule has 1 saturated heterocycles. The molecular formula is C4H11I2N2O2-. The predicted octanol–water partition coefficient (Wildman–Crippen LogP) is -3.16. The van der Waals surface area contributed by atoms with Crippen LogP contribution in [0.5, 0.6) is 0 Å². The van der Waals surface area contributed by atoms with Crippen LogP contribution in [0.25, 0.3) is 0 Å². The number of rotatable bonds is 6. The summed E-state index contributed by atoms with van der Waals surface area (Å²) in [5.74, 6) is 0. The van der Waals surface area contributed by atoms with Gasteiger partial charge < -0.3 is 0 Å². The van der Waals surface area contributed by atoms with Gasteiger partial charge >= 0.3 is 75.7 Å². The normalized spacial score (nSPS) is 20.3. The molecule has 0 amide bonds. The average molecular weight is 373 g/mol. The fraction of sp³-hybridized carbons (Fsp3) is 1.00. The van der Waals surface area contributed by atoms with Crippen LogP contribution in [0, 0.1) is 0 Å². The van der Waals surface area contributed by atoms with Gasteiger partial charge in [0.05, 0.1) is 0 Å². The maximum atomic E-state index is 5.43. The van der Waals surface area contributed by atoms with Crippen molar-refractivity contribution in [3.05, 3.63) is 0 Å². The maximum absolute atomic E-state index is 5.43. The number of nitrogens with two attached hydrogens (primary N) is 1. The molecule has 64 valence electrons. The Labute approximate surface area is 75.1 Å². The van der Waals surface area contributed by atoms with Gasteiger partial charge in [0.15, 0.2) is 0 Å². The second-order valence-electron chi connectivity index (χ2n) is 1.56. The molecule has 6 heteroatoms. The topological polar surface area (TPSA) is 66.4 Å². The fourth-order valence-corrected chi connectivity index (χ4v) is 7.21. The number of hydrogen-bond donors (Lipinski definition) is 2. The third-order valence-electron chi connectivity index (χ3n) is 0.793. The summed E-state index contributed by atoms with van der Waals surface area (Å²) < 4.78 is 13.8. The van der Waals surface area contributed by atoms with Crippen molar-refractivity contribution in [3.8, 4) is 0 Å². The quantitative estimate of drug-likeness (QED) is 0.223. The molecule has 0 unspecified atom stereocenters. The van der Waals surface area contributed by atoms with Crippen molar-refractivity contribution in [2.45, 2.75) is 0 Å². The minimum atomic E-state index is -0.867. The molecule has 0 atom stereocenters. The second kappa shape index (κ2) is 5.89. The van der Waals surface area contributed by atoms with Crippen LogP contribution in [0.3, 0.4) is 0 Å². The molecule has 0 aromatic heterocycles. The molecule has 4 nitrogen and oxygen atoms in total. The molecular weight excluding hydrogens is 362 g/mol. The number of nitrogens with one attached hydrogen (secondary N) is 1. The zero-order chi connectivity index (χ0) is 7.23. The minimum absolute atomic E-state index is 0.352. The first-order valence-corrected chi connectivity index (χ1v) is 12.3. The molecule has 0 bridgehead atoms. The molecule has 1 fully saturated rings. The number of hydrogen-bond acceptors (Lipinski definition) is 4. The van der Waals surface area contributed by atoms with E-state index in [4.69, 9.17) is 13.5 Å². The Morgan fingerprint density at radius 2 is 2.20 bits per heavy atom. The van der Waals surface area contributed by atoms with Crippen LogP contribution in [0.2, 0.25) is 0 Å². The van der Waals surface area contributed by atoms with Crippen LogP contribution in [-0.4, -0.2) is 26.4 Å². The molecule has 0 spiro atoms. The average Bonchev–Trinajstić information content (AvgIpc) is 2.71. The van der Waals surface area contributed by atoms with Gasteiger partial charge in [0.1, 0.15) is 0 Å². The summed E-state index contributed by atoms with van der Waals surface area (Å²) in [6.07, 6.45) is 0. The second-order valence-corrected chi connectivity index (χ2v) is 14.6. The van der Waals surface area contributed by atoms with Crippen LogP contribution < -0.4 is 25.0 Å². The van der Waals surface area contributed by atoms with E-state index in [1.54, 1.807) is 0 Å². The first-order chi connectivity index (χ1) is 4.93. The molecule has 3 N–H and O–H groups in total. The zero-order valence-corrected chi connectivity index (χ0v) is 9.79. The first-order valence-electron chi connectivity index (χ1n) is 2.95. The van der Waals surface area contributed by atoms with Gasteiger partial charge in [-0.25, -0.2) is 0 Å². The Morgan fingerprint density at radius 1 is 1.40 bits per heavy atom. The SMILES string of the molecule is NCCOCCOI1N[I-]1. The van der Waals surface area contributed by atoms with Crippen LogP contribution in [0.1, 0.15) is 0 Å². The third kappa shape index (κ3) is 5.02. The molecule has 0 radical (unpaired) electrons. The van der Waals surface area contributed by atoms with E-state index < -0.39 is 16.5 Å². The van der Waals surface area contributed by atoms with E-state index in [9.17, 15) is 0 Å². The Balaban J connectivity index is 1.68. The zero-order valence-electron chi connectivity index (χ0n) is 5.48. The monoisotopic (exact) mass is 373 g/mol. The van der Waals surface area contributed by atoms with Crippen molar-refractivity contribution in [1.29, 1.82) is 0 Å². The van der Waals surface area contributed by atoms with Crippen molar-refractivity contribution in [3.63, 3.8) is 0 Å². The Morgan fingerprint density at radius 3 is 2.80 bits per heavy atom. The van der Waals surface area contributed by atoms with Gasteiger partial charge in [0.25, 0.3) is 0 Å². The van der Waals surface area contributed by atoms with E-state index in [2.05, 4.69) is 1.74 Å². The van der Waals surface area contributed by atoms with Gasteiger partial charge in [-0.1, -0.05) is 0 Å². The fourth-order valence-electron chi connectivity index (χ4n) is 0.396. The molecule has 1 aliphatic heterocycles. The van der Waals surface area contributed by atoms with Crippen molar-refractivity contribution >= 4 is 16.5 Å². The van der Waals surface area contributed by atoms with E-state index in [0.717, 1.165) is 6.61 Å². The summed E-state index contributed by atoms with van der Waals surface area (Å²) in [6.45, 7) is 2.72. The van der Waals surface area contributed by atoms with Gasteiger partial charge in [0.2, 0.25) is 0 Å². The van der Waals surface area contributed by atoms with Gasteiger partial charge in [-0.2, -0.15) is 0 Å². The number of halogens is 2. The number of ether oxygens (including phenoxy) is 1.